The van der Waals surface area contributed by atoms with Crippen LogP contribution in [-0.4, -0.2) is 23.9 Å². The van der Waals surface area contributed by atoms with Crippen molar-refractivity contribution in [2.24, 2.45) is 5.92 Å². The molecule has 3 rings (SSSR count). The Labute approximate surface area is 161 Å². The molecular weight excluding hydrogens is 334 g/mol. The van der Waals surface area contributed by atoms with Crippen LogP contribution >= 0.6 is 0 Å². The first kappa shape index (κ1) is 18.7. The van der Waals surface area contributed by atoms with Crippen molar-refractivity contribution in [2.45, 2.75) is 26.3 Å². The van der Waals surface area contributed by atoms with E-state index in [0.717, 1.165) is 37.2 Å². The number of carbonyl (C=O) groups excluding carboxylic acids is 1. The molecule has 1 amide bonds. The number of nitrogens with zero attached hydrogens (tertiary/aromatic N) is 3. The second-order valence-electron chi connectivity index (χ2n) is 7.08. The quantitative estimate of drug-likeness (QED) is 0.589. The van der Waals surface area contributed by atoms with E-state index in [-0.39, 0.29) is 11.5 Å². The zero-order chi connectivity index (χ0) is 19.1. The lowest BCUT2D eigenvalue weighted by molar-refractivity contribution is -0.128. The van der Waals surface area contributed by atoms with E-state index in [1.54, 1.807) is 11.1 Å². The summed E-state index contributed by atoms with van der Waals surface area (Å²) in [4.78, 5) is 16.6. The number of hydrogen-bond donors (Lipinski definition) is 0. The van der Waals surface area contributed by atoms with Crippen LogP contribution in [0.3, 0.4) is 0 Å². The van der Waals surface area contributed by atoms with E-state index >= 15 is 0 Å². The van der Waals surface area contributed by atoms with E-state index in [1.165, 1.54) is 0 Å². The number of hydrogen-bond acceptors (Lipinski definition) is 3. The van der Waals surface area contributed by atoms with Crippen molar-refractivity contribution in [1.82, 2.24) is 4.90 Å². The van der Waals surface area contributed by atoms with Gasteiger partial charge in [-0.15, -0.1) is 0 Å². The molecule has 1 aliphatic rings. The number of likely N-dealkylation sites (tertiary alicyclic amines) is 1. The fraction of sp³-hybridized carbons (Fsp3) is 0.304. The minimum Gasteiger partial charge on any atom is -0.342 e. The Hall–Kier alpha value is -3.06. The average molecular weight is 359 g/mol. The predicted octanol–water partition coefficient (Wildman–Crippen LogP) is 4.36. The van der Waals surface area contributed by atoms with Crippen LogP contribution in [0.5, 0.6) is 0 Å². The summed E-state index contributed by atoms with van der Waals surface area (Å²) in [5.41, 5.74) is 2.26. The van der Waals surface area contributed by atoms with Gasteiger partial charge in [-0.25, -0.2) is 0 Å². The maximum atomic E-state index is 12.9. The van der Waals surface area contributed by atoms with Gasteiger partial charge in [-0.3, -0.25) is 4.79 Å². The van der Waals surface area contributed by atoms with Gasteiger partial charge in [0.1, 0.15) is 11.6 Å². The van der Waals surface area contributed by atoms with Gasteiger partial charge in [0.2, 0.25) is 0 Å². The lowest BCUT2D eigenvalue weighted by Gasteiger charge is -2.30. The molecule has 0 bridgehead atoms. The van der Waals surface area contributed by atoms with Crippen LogP contribution in [0.4, 0.5) is 5.69 Å². The number of benzene rings is 2. The molecule has 0 aromatic heterocycles. The molecule has 0 saturated carbocycles. The van der Waals surface area contributed by atoms with Gasteiger partial charge < -0.3 is 9.80 Å². The van der Waals surface area contributed by atoms with E-state index in [2.05, 4.69) is 13.0 Å². The van der Waals surface area contributed by atoms with Crippen molar-refractivity contribution in [3.63, 3.8) is 0 Å². The van der Waals surface area contributed by atoms with Crippen molar-refractivity contribution >= 4 is 11.6 Å². The van der Waals surface area contributed by atoms with Crippen LogP contribution in [0.15, 0.2) is 72.4 Å². The zero-order valence-electron chi connectivity index (χ0n) is 15.7. The molecule has 0 aliphatic carbocycles. The average Bonchev–Trinajstić information content (AvgIpc) is 2.72. The molecule has 4 nitrogen and oxygen atoms in total. The molecular formula is C23H25N3O. The van der Waals surface area contributed by atoms with Gasteiger partial charge in [0.25, 0.3) is 5.91 Å². The molecule has 0 N–H and O–H groups in total. The van der Waals surface area contributed by atoms with Gasteiger partial charge in [-0.1, -0.05) is 55.5 Å². The van der Waals surface area contributed by atoms with Crippen molar-refractivity contribution in [3.05, 3.63) is 78.0 Å². The maximum Gasteiger partial charge on any atom is 0.266 e. The largest absolute Gasteiger partial charge is 0.342 e. The highest BCUT2D eigenvalue weighted by molar-refractivity contribution is 5.97. The maximum absolute atomic E-state index is 12.9. The molecule has 0 unspecified atom stereocenters. The Morgan fingerprint density at radius 3 is 2.30 bits per heavy atom. The number of para-hydroxylation sites is 1. The summed E-state index contributed by atoms with van der Waals surface area (Å²) in [6.45, 7) is 4.26. The van der Waals surface area contributed by atoms with Gasteiger partial charge >= 0.3 is 0 Å². The number of anilines is 1. The molecule has 4 heteroatoms. The summed E-state index contributed by atoms with van der Waals surface area (Å²) < 4.78 is 0. The summed E-state index contributed by atoms with van der Waals surface area (Å²) in [6, 6.07) is 22.0. The van der Waals surface area contributed by atoms with Crippen LogP contribution in [0.2, 0.25) is 0 Å². The van der Waals surface area contributed by atoms with E-state index < -0.39 is 0 Å². The van der Waals surface area contributed by atoms with Crippen molar-refractivity contribution in [1.29, 1.82) is 5.26 Å². The minimum atomic E-state index is -0.168. The van der Waals surface area contributed by atoms with Crippen LogP contribution in [0.1, 0.15) is 25.3 Å². The van der Waals surface area contributed by atoms with Gasteiger partial charge in [0.15, 0.2) is 0 Å². The highest BCUT2D eigenvalue weighted by Gasteiger charge is 2.23. The fourth-order valence-corrected chi connectivity index (χ4v) is 3.28. The van der Waals surface area contributed by atoms with Crippen LogP contribution < -0.4 is 4.90 Å². The Morgan fingerprint density at radius 1 is 1.11 bits per heavy atom. The second kappa shape index (κ2) is 9.05. The molecule has 27 heavy (non-hydrogen) atoms. The van der Waals surface area contributed by atoms with Gasteiger partial charge in [0, 0.05) is 31.5 Å². The van der Waals surface area contributed by atoms with Gasteiger partial charge in [-0.2, -0.15) is 5.26 Å². The fourth-order valence-electron chi connectivity index (χ4n) is 3.28. The van der Waals surface area contributed by atoms with E-state index in [4.69, 9.17) is 0 Å². The topological polar surface area (TPSA) is 47.3 Å². The summed E-state index contributed by atoms with van der Waals surface area (Å²) in [5.74, 6) is 0.473. The molecule has 1 aliphatic heterocycles. The SMILES string of the molecule is CC1CCN(C(=O)/C(C#N)=C\N(Cc2ccccc2)c2ccccc2)CC1. The predicted molar refractivity (Wildman–Crippen MR) is 108 cm³/mol. The third-order valence-electron chi connectivity index (χ3n) is 4.99. The molecule has 0 radical (unpaired) electrons. The molecule has 2 aromatic rings. The van der Waals surface area contributed by atoms with Crippen LogP contribution in [0, 0.1) is 17.2 Å². The monoisotopic (exact) mass is 359 g/mol. The van der Waals surface area contributed by atoms with E-state index in [0.29, 0.717) is 12.5 Å². The van der Waals surface area contributed by atoms with Gasteiger partial charge in [-0.05, 0) is 36.5 Å². The normalized spacial score (nSPS) is 15.3. The molecule has 1 saturated heterocycles. The molecule has 0 atom stereocenters. The molecule has 0 spiro atoms. The lowest BCUT2D eigenvalue weighted by Crippen LogP contribution is -2.39. The summed E-state index contributed by atoms with van der Waals surface area (Å²) in [7, 11) is 0. The second-order valence-corrected chi connectivity index (χ2v) is 7.08. The minimum absolute atomic E-state index is 0.168. The van der Waals surface area contributed by atoms with E-state index in [9.17, 15) is 10.1 Å². The zero-order valence-corrected chi connectivity index (χ0v) is 15.7. The number of nitriles is 1. The van der Waals surface area contributed by atoms with E-state index in [1.807, 2.05) is 65.6 Å². The highest BCUT2D eigenvalue weighted by Crippen LogP contribution is 2.21. The third kappa shape index (κ3) is 4.98. The summed E-state index contributed by atoms with van der Waals surface area (Å²) in [6.07, 6.45) is 3.69. The Balaban J connectivity index is 1.86. The Kier molecular flexibility index (Phi) is 6.27. The Bertz CT molecular complexity index is 816. The number of piperidine rings is 1. The van der Waals surface area contributed by atoms with Crippen molar-refractivity contribution < 1.29 is 4.79 Å². The standard InChI is InChI=1S/C23H25N3O/c1-19-12-14-25(15-13-19)23(27)21(16-24)18-26(22-10-6-3-7-11-22)17-20-8-4-2-5-9-20/h2-11,18-19H,12-15,17H2,1H3/b21-18-. The summed E-state index contributed by atoms with van der Waals surface area (Å²) >= 11 is 0. The first-order valence-electron chi connectivity index (χ1n) is 9.44. The van der Waals surface area contributed by atoms with Crippen molar-refractivity contribution in [2.75, 3.05) is 18.0 Å². The highest BCUT2D eigenvalue weighted by atomic mass is 16.2. The molecule has 1 fully saturated rings. The number of carbonyl (C=O) groups is 1. The molecule has 2 aromatic carbocycles. The third-order valence-corrected chi connectivity index (χ3v) is 4.99. The molecule has 1 heterocycles. The first-order chi connectivity index (χ1) is 13.2. The smallest absolute Gasteiger partial charge is 0.266 e. The van der Waals surface area contributed by atoms with Crippen LogP contribution in [0.25, 0.3) is 0 Å². The Morgan fingerprint density at radius 2 is 1.70 bits per heavy atom. The van der Waals surface area contributed by atoms with Crippen molar-refractivity contribution in [3.8, 4) is 6.07 Å². The van der Waals surface area contributed by atoms with Gasteiger partial charge in [0.05, 0.1) is 0 Å². The molecule has 138 valence electrons. The van der Waals surface area contributed by atoms with Crippen LogP contribution in [-0.2, 0) is 11.3 Å². The lowest BCUT2D eigenvalue weighted by atomic mass is 9.99. The number of amides is 1. The number of rotatable bonds is 5. The first-order valence-corrected chi connectivity index (χ1v) is 9.44. The summed E-state index contributed by atoms with van der Waals surface area (Å²) in [5, 5.41) is 9.65.